The van der Waals surface area contributed by atoms with E-state index in [-0.39, 0.29) is 76.9 Å². The fourth-order valence-corrected chi connectivity index (χ4v) is 2.45. The van der Waals surface area contributed by atoms with E-state index in [4.69, 9.17) is 10.2 Å². The van der Waals surface area contributed by atoms with E-state index in [1.165, 1.54) is 31.7 Å². The molecule has 0 bridgehead atoms. The molecule has 0 saturated carbocycles. The van der Waals surface area contributed by atoms with Crippen LogP contribution in [0.1, 0.15) is 52.0 Å². The second-order valence-corrected chi connectivity index (χ2v) is 5.76. The standard InChI is InChI=1S/C11H20.C7H6O2.2Y/c1-4-10(3)11-7-5-9(2)6-8-11;1-5-2-6(8)4-7(9)3-5;;/h5,10-11H,4,6-8H2,1-3H3;4,8-9H,1H3;;/q;-2;;. The van der Waals surface area contributed by atoms with Crippen molar-refractivity contribution < 1.29 is 75.6 Å². The monoisotopic (exact) mass is 452 g/mol. The van der Waals surface area contributed by atoms with Crippen molar-refractivity contribution in [2.24, 2.45) is 11.8 Å². The minimum atomic E-state index is -0.0521. The zero-order valence-electron chi connectivity index (χ0n) is 14.2. The Labute approximate surface area is 185 Å². The zero-order valence-corrected chi connectivity index (χ0v) is 19.9. The number of phenols is 2. The number of hydrogen-bond acceptors (Lipinski definition) is 2. The van der Waals surface area contributed by atoms with E-state index in [2.05, 4.69) is 39.0 Å². The number of aryl methyl sites for hydroxylation is 1. The largest absolute Gasteiger partial charge is 0.557 e. The summed E-state index contributed by atoms with van der Waals surface area (Å²) in [7, 11) is 0. The normalized spacial score (nSPS) is 17.8. The molecule has 0 saturated heterocycles. The van der Waals surface area contributed by atoms with Gasteiger partial charge in [0.2, 0.25) is 0 Å². The van der Waals surface area contributed by atoms with Crippen LogP contribution in [-0.2, 0) is 65.4 Å². The minimum Gasteiger partial charge on any atom is -0.557 e. The van der Waals surface area contributed by atoms with Crippen molar-refractivity contribution in [3.05, 3.63) is 35.4 Å². The Bertz CT molecular complexity index is 408. The molecule has 0 aromatic heterocycles. The van der Waals surface area contributed by atoms with Crippen LogP contribution in [-0.4, -0.2) is 10.2 Å². The van der Waals surface area contributed by atoms with E-state index in [0.717, 1.165) is 11.8 Å². The molecule has 2 atom stereocenters. The van der Waals surface area contributed by atoms with Gasteiger partial charge in [0.25, 0.3) is 0 Å². The van der Waals surface area contributed by atoms with Gasteiger partial charge in [0, 0.05) is 65.4 Å². The van der Waals surface area contributed by atoms with Gasteiger partial charge in [-0.1, -0.05) is 38.8 Å². The summed E-state index contributed by atoms with van der Waals surface area (Å²) in [4.78, 5) is 0. The van der Waals surface area contributed by atoms with E-state index >= 15 is 0 Å². The number of phenolic OH excluding ortho intramolecular Hbond substituents is 2. The molecule has 118 valence electrons. The average Bonchev–Trinajstić information content (AvgIpc) is 2.38. The maximum Gasteiger partial charge on any atom is 0 e. The van der Waals surface area contributed by atoms with Gasteiger partial charge < -0.3 is 22.3 Å². The molecule has 1 aromatic rings. The Morgan fingerprint density at radius 1 is 1.18 bits per heavy atom. The summed E-state index contributed by atoms with van der Waals surface area (Å²) < 4.78 is 0. The SMILES string of the molecule is CCC(C)C1CC=C(C)CC1.Cc1[c-]c(O)cc(O)[c-]1.[Y].[Y]. The minimum absolute atomic E-state index is 0. The van der Waals surface area contributed by atoms with Crippen molar-refractivity contribution in [1.29, 1.82) is 0 Å². The van der Waals surface area contributed by atoms with Gasteiger partial charge in [-0.05, 0) is 38.0 Å². The molecule has 22 heavy (non-hydrogen) atoms. The molecule has 0 spiro atoms. The van der Waals surface area contributed by atoms with Gasteiger partial charge in [0.15, 0.2) is 0 Å². The van der Waals surface area contributed by atoms with Crippen molar-refractivity contribution in [3.63, 3.8) is 0 Å². The van der Waals surface area contributed by atoms with E-state index < -0.39 is 0 Å². The van der Waals surface area contributed by atoms with Crippen LogP contribution in [0.5, 0.6) is 11.5 Å². The Morgan fingerprint density at radius 3 is 2.09 bits per heavy atom. The fourth-order valence-electron chi connectivity index (χ4n) is 2.45. The summed E-state index contributed by atoms with van der Waals surface area (Å²) >= 11 is 0. The molecular weight excluding hydrogens is 426 g/mol. The first kappa shape index (κ1) is 25.0. The van der Waals surface area contributed by atoms with Crippen LogP contribution in [0, 0.1) is 30.9 Å². The first-order valence-corrected chi connectivity index (χ1v) is 7.42. The van der Waals surface area contributed by atoms with Crippen LogP contribution in [0.2, 0.25) is 0 Å². The quantitative estimate of drug-likeness (QED) is 0.501. The van der Waals surface area contributed by atoms with Crippen molar-refractivity contribution in [2.45, 2.75) is 53.4 Å². The van der Waals surface area contributed by atoms with Crippen molar-refractivity contribution in [1.82, 2.24) is 0 Å². The number of aromatic hydroxyl groups is 2. The van der Waals surface area contributed by atoms with Crippen LogP contribution in [0.4, 0.5) is 0 Å². The van der Waals surface area contributed by atoms with Crippen LogP contribution in [0.25, 0.3) is 0 Å². The first-order valence-electron chi connectivity index (χ1n) is 7.42. The maximum atomic E-state index is 8.76. The maximum absolute atomic E-state index is 8.76. The summed E-state index contributed by atoms with van der Waals surface area (Å²) in [5.74, 6) is 1.80. The third kappa shape index (κ3) is 9.81. The molecule has 2 N–H and O–H groups in total. The molecule has 2 rings (SSSR count). The summed E-state index contributed by atoms with van der Waals surface area (Å²) in [6.07, 6.45) is 7.88. The van der Waals surface area contributed by atoms with Gasteiger partial charge in [-0.15, -0.1) is 11.5 Å². The third-order valence-corrected chi connectivity index (χ3v) is 4.03. The Hall–Kier alpha value is 0.768. The van der Waals surface area contributed by atoms with Crippen molar-refractivity contribution >= 4 is 0 Å². The smallest absolute Gasteiger partial charge is 0 e. The number of allylic oxidation sites excluding steroid dienone is 2. The van der Waals surface area contributed by atoms with Crippen molar-refractivity contribution in [3.8, 4) is 11.5 Å². The molecule has 2 nitrogen and oxygen atoms in total. The number of benzene rings is 1. The number of rotatable bonds is 2. The molecule has 1 aliphatic rings. The first-order chi connectivity index (χ1) is 9.42. The molecule has 0 fully saturated rings. The van der Waals surface area contributed by atoms with Gasteiger partial charge in [0.1, 0.15) is 0 Å². The van der Waals surface area contributed by atoms with Gasteiger partial charge in [-0.3, -0.25) is 5.56 Å². The second kappa shape index (κ2) is 13.1. The van der Waals surface area contributed by atoms with Gasteiger partial charge in [0.05, 0.1) is 0 Å². The summed E-state index contributed by atoms with van der Waals surface area (Å²) in [6.45, 7) is 8.64. The van der Waals surface area contributed by atoms with Crippen molar-refractivity contribution in [2.75, 3.05) is 0 Å². The molecule has 2 unspecified atom stereocenters. The molecule has 1 aromatic carbocycles. The second-order valence-electron chi connectivity index (χ2n) is 5.76. The van der Waals surface area contributed by atoms with E-state index in [0.29, 0.717) is 5.56 Å². The van der Waals surface area contributed by atoms with Crippen LogP contribution in [0.15, 0.2) is 17.7 Å². The molecular formula is C18H26O2Y2-2. The molecule has 0 amide bonds. The van der Waals surface area contributed by atoms with Crippen LogP contribution >= 0.6 is 0 Å². The van der Waals surface area contributed by atoms with E-state index in [1.807, 2.05) is 0 Å². The topological polar surface area (TPSA) is 40.5 Å². The molecule has 0 aliphatic heterocycles. The van der Waals surface area contributed by atoms with Gasteiger partial charge >= 0.3 is 0 Å². The van der Waals surface area contributed by atoms with Gasteiger partial charge in [-0.25, -0.2) is 6.07 Å². The van der Waals surface area contributed by atoms with E-state index in [9.17, 15) is 0 Å². The average molecular weight is 452 g/mol. The molecule has 2 radical (unpaired) electrons. The molecule has 1 aliphatic carbocycles. The summed E-state index contributed by atoms with van der Waals surface area (Å²) in [5, 5.41) is 17.5. The predicted octanol–water partition coefficient (Wildman–Crippen LogP) is 4.78. The Kier molecular flexibility index (Phi) is 14.9. The molecule has 0 heterocycles. The van der Waals surface area contributed by atoms with Crippen LogP contribution < -0.4 is 0 Å². The Balaban J connectivity index is 0. The third-order valence-electron chi connectivity index (χ3n) is 4.03. The van der Waals surface area contributed by atoms with E-state index in [1.54, 1.807) is 12.5 Å². The number of hydrogen-bond donors (Lipinski definition) is 2. The predicted molar refractivity (Wildman–Crippen MR) is 82.7 cm³/mol. The Morgan fingerprint density at radius 2 is 1.73 bits per heavy atom. The molecule has 4 heteroatoms. The fraction of sp³-hybridized carbons (Fsp3) is 0.556. The van der Waals surface area contributed by atoms with Gasteiger partial charge in [-0.2, -0.15) is 0 Å². The summed E-state index contributed by atoms with van der Waals surface area (Å²) in [5.41, 5.74) is 2.21. The summed E-state index contributed by atoms with van der Waals surface area (Å²) in [6, 6.07) is 6.29. The zero-order chi connectivity index (χ0) is 15.1. The van der Waals surface area contributed by atoms with Crippen LogP contribution in [0.3, 0.4) is 0 Å².